The molecule has 8 heteroatoms. The highest BCUT2D eigenvalue weighted by molar-refractivity contribution is 5.90. The second-order valence-electron chi connectivity index (χ2n) is 7.61. The van der Waals surface area contributed by atoms with Crippen LogP contribution < -0.4 is 5.32 Å². The van der Waals surface area contributed by atoms with Gasteiger partial charge in [0.05, 0.1) is 0 Å². The SMILES string of the molecule is O=C1CCC[C@@H]([C@@H](NC(=O)[C@H]2CCCN2C(=O)OCc2ccccc2)C(=O)O)C1. The second kappa shape index (κ2) is 9.54. The molecule has 1 saturated carbocycles. The Balaban J connectivity index is 1.60. The van der Waals surface area contributed by atoms with E-state index in [-0.39, 0.29) is 18.8 Å². The van der Waals surface area contributed by atoms with E-state index < -0.39 is 36.0 Å². The third-order valence-corrected chi connectivity index (χ3v) is 5.55. The monoisotopic (exact) mass is 402 g/mol. The maximum atomic E-state index is 12.8. The fraction of sp³-hybridized carbons (Fsp3) is 0.524. The summed E-state index contributed by atoms with van der Waals surface area (Å²) in [6, 6.07) is 7.34. The van der Waals surface area contributed by atoms with E-state index in [9.17, 15) is 24.3 Å². The fourth-order valence-electron chi connectivity index (χ4n) is 4.03. The molecular weight excluding hydrogens is 376 g/mol. The summed E-state index contributed by atoms with van der Waals surface area (Å²) in [7, 11) is 0. The van der Waals surface area contributed by atoms with Crippen LogP contribution in [0.2, 0.25) is 0 Å². The standard InChI is InChI=1S/C21H26N2O6/c24-16-9-4-8-15(12-16)18(20(26)27)22-19(25)17-10-5-11-23(17)21(28)29-13-14-6-2-1-3-7-14/h1-3,6-7,15,17-18H,4-5,8-13H2,(H,22,25)(H,26,27)/t15-,17-,18-/m1/s1. The predicted molar refractivity (Wildman–Crippen MR) is 103 cm³/mol. The van der Waals surface area contributed by atoms with Crippen LogP contribution >= 0.6 is 0 Å². The van der Waals surface area contributed by atoms with Crippen LogP contribution in [0, 0.1) is 5.92 Å². The van der Waals surface area contributed by atoms with Crippen molar-refractivity contribution in [1.82, 2.24) is 10.2 Å². The number of likely N-dealkylation sites (tertiary alicyclic amines) is 1. The quantitative estimate of drug-likeness (QED) is 0.754. The Morgan fingerprint density at radius 3 is 2.62 bits per heavy atom. The molecule has 3 atom stereocenters. The van der Waals surface area contributed by atoms with E-state index in [0.29, 0.717) is 38.6 Å². The lowest BCUT2D eigenvalue weighted by Gasteiger charge is -2.30. The molecule has 1 aliphatic carbocycles. The fourth-order valence-corrected chi connectivity index (χ4v) is 4.03. The number of hydrogen-bond donors (Lipinski definition) is 2. The number of Topliss-reactive ketones (excluding diaryl/α,β-unsaturated/α-hetero) is 1. The molecule has 0 radical (unpaired) electrons. The van der Waals surface area contributed by atoms with Gasteiger partial charge < -0.3 is 15.2 Å². The van der Waals surface area contributed by atoms with Crippen molar-refractivity contribution in [1.29, 1.82) is 0 Å². The lowest BCUT2D eigenvalue weighted by molar-refractivity contribution is -0.145. The van der Waals surface area contributed by atoms with E-state index in [0.717, 1.165) is 5.56 Å². The van der Waals surface area contributed by atoms with Gasteiger partial charge in [-0.2, -0.15) is 0 Å². The van der Waals surface area contributed by atoms with Crippen molar-refractivity contribution in [3.05, 3.63) is 35.9 Å². The topological polar surface area (TPSA) is 113 Å². The number of nitrogens with one attached hydrogen (secondary N) is 1. The molecule has 2 amide bonds. The van der Waals surface area contributed by atoms with Crippen molar-refractivity contribution in [2.75, 3.05) is 6.54 Å². The summed E-state index contributed by atoms with van der Waals surface area (Å²) in [5.74, 6) is -2.06. The third kappa shape index (κ3) is 5.34. The number of rotatable bonds is 6. The Morgan fingerprint density at radius 1 is 1.17 bits per heavy atom. The highest BCUT2D eigenvalue weighted by atomic mass is 16.6. The first kappa shape index (κ1) is 20.8. The molecule has 1 aliphatic heterocycles. The number of hydrogen-bond acceptors (Lipinski definition) is 5. The number of ketones is 1. The molecule has 0 spiro atoms. The number of ether oxygens (including phenoxy) is 1. The lowest BCUT2D eigenvalue weighted by Crippen LogP contribution is -2.53. The van der Waals surface area contributed by atoms with Gasteiger partial charge in [0.2, 0.25) is 5.91 Å². The highest BCUT2D eigenvalue weighted by Crippen LogP contribution is 2.26. The van der Waals surface area contributed by atoms with Crippen molar-refractivity contribution in [3.63, 3.8) is 0 Å². The van der Waals surface area contributed by atoms with Crippen molar-refractivity contribution in [2.24, 2.45) is 5.92 Å². The summed E-state index contributed by atoms with van der Waals surface area (Å²) in [5, 5.41) is 12.1. The molecule has 1 saturated heterocycles. The smallest absolute Gasteiger partial charge is 0.410 e. The molecular formula is C21H26N2O6. The lowest BCUT2D eigenvalue weighted by atomic mass is 9.83. The molecule has 0 unspecified atom stereocenters. The Hall–Kier alpha value is -2.90. The van der Waals surface area contributed by atoms with Crippen LogP contribution in [-0.2, 0) is 25.7 Å². The molecule has 1 heterocycles. The van der Waals surface area contributed by atoms with E-state index in [1.807, 2.05) is 30.3 Å². The minimum atomic E-state index is -1.16. The number of amides is 2. The van der Waals surface area contributed by atoms with Gasteiger partial charge in [0, 0.05) is 19.4 Å². The molecule has 2 fully saturated rings. The minimum absolute atomic E-state index is 0.0220. The van der Waals surface area contributed by atoms with E-state index in [2.05, 4.69) is 5.32 Å². The van der Waals surface area contributed by atoms with Crippen molar-refractivity contribution >= 4 is 23.8 Å². The maximum absolute atomic E-state index is 12.8. The van der Waals surface area contributed by atoms with Crippen molar-refractivity contribution in [2.45, 2.75) is 57.2 Å². The van der Waals surface area contributed by atoms with Gasteiger partial charge in [-0.15, -0.1) is 0 Å². The van der Waals surface area contributed by atoms with Crippen molar-refractivity contribution < 1.29 is 29.0 Å². The number of aliphatic carboxylic acids is 1. The summed E-state index contributed by atoms with van der Waals surface area (Å²) < 4.78 is 5.32. The van der Waals surface area contributed by atoms with Crippen LogP contribution in [0.4, 0.5) is 4.79 Å². The number of carboxylic acid groups (broad SMARTS) is 1. The molecule has 0 aromatic heterocycles. The van der Waals surface area contributed by atoms with Gasteiger partial charge in [-0.1, -0.05) is 30.3 Å². The van der Waals surface area contributed by atoms with Crippen LogP contribution in [0.25, 0.3) is 0 Å². The Bertz CT molecular complexity index is 766. The molecule has 29 heavy (non-hydrogen) atoms. The Labute approximate surface area is 169 Å². The minimum Gasteiger partial charge on any atom is -0.480 e. The normalized spacial score (nSPS) is 22.8. The Kier molecular flexibility index (Phi) is 6.85. The molecule has 2 N–H and O–H groups in total. The molecule has 2 aliphatic rings. The second-order valence-corrected chi connectivity index (χ2v) is 7.61. The molecule has 156 valence electrons. The molecule has 8 nitrogen and oxygen atoms in total. The maximum Gasteiger partial charge on any atom is 0.410 e. The highest BCUT2D eigenvalue weighted by Gasteiger charge is 2.39. The zero-order valence-electron chi connectivity index (χ0n) is 16.2. The van der Waals surface area contributed by atoms with Gasteiger partial charge in [0.25, 0.3) is 0 Å². The Morgan fingerprint density at radius 2 is 1.93 bits per heavy atom. The van der Waals surface area contributed by atoms with Gasteiger partial charge in [0.1, 0.15) is 24.5 Å². The number of carbonyl (C=O) groups excluding carboxylic acids is 3. The average Bonchev–Trinajstić information content (AvgIpc) is 3.21. The number of carbonyl (C=O) groups is 4. The summed E-state index contributed by atoms with van der Waals surface area (Å²) in [6.07, 6.45) is 2.32. The zero-order valence-corrected chi connectivity index (χ0v) is 16.2. The average molecular weight is 402 g/mol. The molecule has 1 aromatic rings. The zero-order chi connectivity index (χ0) is 20.8. The van der Waals surface area contributed by atoms with Gasteiger partial charge in [0.15, 0.2) is 0 Å². The van der Waals surface area contributed by atoms with Gasteiger partial charge in [-0.05, 0) is 37.2 Å². The van der Waals surface area contributed by atoms with E-state index in [4.69, 9.17) is 4.74 Å². The summed E-state index contributed by atoms with van der Waals surface area (Å²) in [5.41, 5.74) is 0.842. The largest absolute Gasteiger partial charge is 0.480 e. The molecule has 3 rings (SSSR count). The summed E-state index contributed by atoms with van der Waals surface area (Å²) >= 11 is 0. The first-order valence-electron chi connectivity index (χ1n) is 9.98. The van der Waals surface area contributed by atoms with Crippen LogP contribution in [-0.4, -0.2) is 52.4 Å². The van der Waals surface area contributed by atoms with Crippen molar-refractivity contribution in [3.8, 4) is 0 Å². The summed E-state index contributed by atoms with van der Waals surface area (Å²) in [4.78, 5) is 50.0. The third-order valence-electron chi connectivity index (χ3n) is 5.55. The van der Waals surface area contributed by atoms with Crippen LogP contribution in [0.15, 0.2) is 30.3 Å². The molecule has 0 bridgehead atoms. The van der Waals surface area contributed by atoms with Gasteiger partial charge >= 0.3 is 12.1 Å². The van der Waals surface area contributed by atoms with Gasteiger partial charge in [-0.25, -0.2) is 9.59 Å². The van der Waals surface area contributed by atoms with Crippen LogP contribution in [0.5, 0.6) is 0 Å². The molecule has 1 aromatic carbocycles. The van der Waals surface area contributed by atoms with E-state index in [1.165, 1.54) is 4.90 Å². The van der Waals surface area contributed by atoms with Crippen LogP contribution in [0.1, 0.15) is 44.1 Å². The number of nitrogens with zero attached hydrogens (tertiary/aromatic N) is 1. The summed E-state index contributed by atoms with van der Waals surface area (Å²) in [6.45, 7) is 0.484. The predicted octanol–water partition coefficient (Wildman–Crippen LogP) is 2.12. The number of carboxylic acids is 1. The first-order valence-corrected chi connectivity index (χ1v) is 9.98. The van der Waals surface area contributed by atoms with Crippen LogP contribution in [0.3, 0.4) is 0 Å². The first-order chi connectivity index (χ1) is 14.0. The van der Waals surface area contributed by atoms with Gasteiger partial charge in [-0.3, -0.25) is 14.5 Å². The van der Waals surface area contributed by atoms with E-state index in [1.54, 1.807) is 0 Å². The number of benzene rings is 1. The van der Waals surface area contributed by atoms with E-state index >= 15 is 0 Å².